The highest BCUT2D eigenvalue weighted by atomic mass is 35.5. The lowest BCUT2D eigenvalue weighted by atomic mass is 9.79. The molecule has 4 bridgehead atoms. The predicted octanol–water partition coefficient (Wildman–Crippen LogP) is 0.890. The largest absolute Gasteiger partial charge is 0.339 e. The van der Waals surface area contributed by atoms with Gasteiger partial charge in [-0.05, 0) is 11.5 Å². The first-order valence-corrected chi connectivity index (χ1v) is 7.35. The smallest absolute Gasteiger partial charge is 0.230 e. The molecule has 2 heterocycles. The molecular formula is C13H14Cl2N2O2. The Morgan fingerprint density at radius 3 is 2.32 bits per heavy atom. The van der Waals surface area contributed by atoms with Crippen molar-refractivity contribution in [3.63, 3.8) is 0 Å². The van der Waals surface area contributed by atoms with Crippen LogP contribution in [0.3, 0.4) is 0 Å². The summed E-state index contributed by atoms with van der Waals surface area (Å²) in [6, 6.07) is -0.120. The van der Waals surface area contributed by atoms with E-state index < -0.39 is 5.92 Å². The number of carbonyl (C=O) groups excluding carboxylic acids is 2. The van der Waals surface area contributed by atoms with Gasteiger partial charge >= 0.3 is 0 Å². The molecule has 4 aliphatic rings. The third kappa shape index (κ3) is 1.07. The normalized spacial score (nSPS) is 52.8. The van der Waals surface area contributed by atoms with Crippen LogP contribution < -0.4 is 0 Å². The first-order chi connectivity index (χ1) is 9.00. The summed E-state index contributed by atoms with van der Waals surface area (Å²) in [5.41, 5.74) is 2.45. The number of likely N-dealkylation sites (N-methyl/N-ethyl adjacent to an activating group) is 2. The molecule has 2 aliphatic heterocycles. The molecule has 4 nitrogen and oxygen atoms in total. The highest BCUT2D eigenvalue weighted by Crippen LogP contribution is 2.63. The van der Waals surface area contributed by atoms with Crippen LogP contribution in [-0.2, 0) is 9.59 Å². The molecule has 0 aromatic heterocycles. The van der Waals surface area contributed by atoms with Gasteiger partial charge in [-0.1, -0.05) is 11.6 Å². The van der Waals surface area contributed by atoms with Gasteiger partial charge in [-0.25, -0.2) is 0 Å². The van der Waals surface area contributed by atoms with Gasteiger partial charge in [0, 0.05) is 25.5 Å². The summed E-state index contributed by atoms with van der Waals surface area (Å²) in [6.45, 7) is 0. The zero-order valence-electron chi connectivity index (χ0n) is 10.6. The molecule has 19 heavy (non-hydrogen) atoms. The quantitative estimate of drug-likeness (QED) is 0.624. The van der Waals surface area contributed by atoms with Crippen molar-refractivity contribution in [1.82, 2.24) is 9.80 Å². The van der Waals surface area contributed by atoms with E-state index in [0.717, 1.165) is 5.57 Å². The fourth-order valence-electron chi connectivity index (χ4n) is 4.94. The number of amides is 2. The average Bonchev–Trinajstić information content (AvgIpc) is 2.81. The average molecular weight is 301 g/mol. The molecule has 2 saturated heterocycles. The summed E-state index contributed by atoms with van der Waals surface area (Å²) in [4.78, 5) is 28.6. The van der Waals surface area contributed by atoms with Gasteiger partial charge in [-0.15, -0.1) is 11.6 Å². The zero-order chi connectivity index (χ0) is 13.6. The van der Waals surface area contributed by atoms with Crippen molar-refractivity contribution in [2.24, 2.45) is 23.7 Å². The van der Waals surface area contributed by atoms with Crippen molar-refractivity contribution in [3.05, 3.63) is 11.1 Å². The molecule has 102 valence electrons. The van der Waals surface area contributed by atoms with Crippen LogP contribution in [0.4, 0.5) is 0 Å². The van der Waals surface area contributed by atoms with Crippen molar-refractivity contribution in [1.29, 1.82) is 0 Å². The molecule has 0 N–H and O–H groups in total. The summed E-state index contributed by atoms with van der Waals surface area (Å²) in [5, 5.41) is -0.0881. The Bertz CT molecular complexity index is 535. The minimum atomic E-state index is -0.397. The van der Waals surface area contributed by atoms with E-state index in [4.69, 9.17) is 23.2 Å². The van der Waals surface area contributed by atoms with E-state index in [9.17, 15) is 9.59 Å². The van der Waals surface area contributed by atoms with Crippen LogP contribution >= 0.6 is 23.2 Å². The van der Waals surface area contributed by atoms with E-state index >= 15 is 0 Å². The molecule has 7 atom stereocenters. The van der Waals surface area contributed by atoms with Gasteiger partial charge in [-0.3, -0.25) is 9.59 Å². The standard InChI is InChI=1S/C13H14Cl2N2O2/c1-16-10-5-4(3-14)6(12(16)18)8-7(5)9(15)11(10)17(2)13(8)19/h3,5-11H,1-2H3/b4-3-/t5-,6+,7-,8+,9+,10-,11+/m0/s1. The van der Waals surface area contributed by atoms with Crippen molar-refractivity contribution in [2.45, 2.75) is 17.5 Å². The highest BCUT2D eigenvalue weighted by molar-refractivity contribution is 6.26. The number of hydrogen-bond donors (Lipinski definition) is 0. The number of hydrogen-bond acceptors (Lipinski definition) is 2. The van der Waals surface area contributed by atoms with Crippen LogP contribution in [0, 0.1) is 23.7 Å². The maximum atomic E-state index is 12.5. The number of halogens is 2. The van der Waals surface area contributed by atoms with Crippen LogP contribution in [0.1, 0.15) is 0 Å². The minimum absolute atomic E-state index is 0.0238. The van der Waals surface area contributed by atoms with E-state index in [-0.39, 0.29) is 47.0 Å². The second kappa shape index (κ2) is 3.47. The monoisotopic (exact) mass is 300 g/mol. The van der Waals surface area contributed by atoms with Gasteiger partial charge in [0.15, 0.2) is 0 Å². The molecule has 2 saturated carbocycles. The maximum Gasteiger partial charge on any atom is 0.230 e. The van der Waals surface area contributed by atoms with Gasteiger partial charge < -0.3 is 9.80 Å². The summed E-state index contributed by atoms with van der Waals surface area (Å²) in [6.07, 6.45) is 0. The van der Waals surface area contributed by atoms with Crippen LogP contribution in [0.25, 0.3) is 0 Å². The molecule has 0 spiro atoms. The highest BCUT2D eigenvalue weighted by Gasteiger charge is 2.73. The van der Waals surface area contributed by atoms with Crippen molar-refractivity contribution >= 4 is 35.0 Å². The van der Waals surface area contributed by atoms with Gasteiger partial charge in [0.25, 0.3) is 0 Å². The number of nitrogens with zero attached hydrogens (tertiary/aromatic N) is 2. The van der Waals surface area contributed by atoms with Crippen molar-refractivity contribution in [3.8, 4) is 0 Å². The van der Waals surface area contributed by atoms with Gasteiger partial charge in [0.2, 0.25) is 11.8 Å². The molecule has 0 radical (unpaired) electrons. The Morgan fingerprint density at radius 1 is 1.05 bits per heavy atom. The third-order valence-corrected chi connectivity index (χ3v) is 6.41. The molecule has 6 heteroatoms. The van der Waals surface area contributed by atoms with Crippen LogP contribution in [0.5, 0.6) is 0 Å². The summed E-state index contributed by atoms with van der Waals surface area (Å²) >= 11 is 12.5. The van der Waals surface area contributed by atoms with Crippen LogP contribution in [0.2, 0.25) is 0 Å². The molecule has 4 rings (SSSR count). The number of alkyl halides is 1. The fraction of sp³-hybridized carbons (Fsp3) is 0.692. The van der Waals surface area contributed by atoms with E-state index in [1.807, 2.05) is 7.05 Å². The summed E-state index contributed by atoms with van der Waals surface area (Å²) in [5.74, 6) is -0.428. The molecule has 0 unspecified atom stereocenters. The lowest BCUT2D eigenvalue weighted by Crippen LogP contribution is -2.64. The second-order valence-corrected chi connectivity index (χ2v) is 6.76. The third-order valence-electron chi connectivity index (χ3n) is 5.61. The van der Waals surface area contributed by atoms with Crippen LogP contribution in [0.15, 0.2) is 11.1 Å². The number of piperidine rings is 2. The fourth-order valence-corrected chi connectivity index (χ4v) is 5.85. The van der Waals surface area contributed by atoms with E-state index in [0.29, 0.717) is 0 Å². The lowest BCUT2D eigenvalue weighted by molar-refractivity contribution is -0.154. The molecule has 0 aromatic rings. The Morgan fingerprint density at radius 2 is 1.68 bits per heavy atom. The number of likely N-dealkylation sites (tertiary alicyclic amines) is 2. The Balaban J connectivity index is 1.99. The summed E-state index contributed by atoms with van der Waals surface area (Å²) < 4.78 is 0. The number of rotatable bonds is 0. The van der Waals surface area contributed by atoms with Crippen LogP contribution in [-0.4, -0.2) is 53.2 Å². The molecule has 4 fully saturated rings. The topological polar surface area (TPSA) is 40.6 Å². The lowest BCUT2D eigenvalue weighted by Gasteiger charge is -2.48. The summed E-state index contributed by atoms with van der Waals surface area (Å²) in [7, 11) is 3.63. The first kappa shape index (κ1) is 12.0. The van der Waals surface area contributed by atoms with Gasteiger partial charge in [-0.2, -0.15) is 0 Å². The molecule has 0 aromatic carbocycles. The molecular weight excluding hydrogens is 287 g/mol. The Hall–Kier alpha value is -0.740. The van der Waals surface area contributed by atoms with Crippen molar-refractivity contribution < 1.29 is 9.59 Å². The van der Waals surface area contributed by atoms with Crippen molar-refractivity contribution in [2.75, 3.05) is 14.1 Å². The van der Waals surface area contributed by atoms with Gasteiger partial charge in [0.05, 0.1) is 29.3 Å². The van der Waals surface area contributed by atoms with E-state index in [2.05, 4.69) is 0 Å². The minimum Gasteiger partial charge on any atom is -0.339 e. The Labute approximate surface area is 121 Å². The predicted molar refractivity (Wildman–Crippen MR) is 70.7 cm³/mol. The molecule has 2 aliphatic carbocycles. The number of fused-ring (bicyclic) bond motifs is 4. The maximum absolute atomic E-state index is 12.5. The van der Waals surface area contributed by atoms with E-state index in [1.165, 1.54) is 5.54 Å². The van der Waals surface area contributed by atoms with Gasteiger partial charge in [0.1, 0.15) is 0 Å². The van der Waals surface area contributed by atoms with E-state index in [1.54, 1.807) is 16.8 Å². The molecule has 2 amide bonds. The zero-order valence-corrected chi connectivity index (χ0v) is 12.1. The second-order valence-electron chi connectivity index (χ2n) is 6.04. The first-order valence-electron chi connectivity index (χ1n) is 6.48. The Kier molecular flexibility index (Phi) is 2.20. The SMILES string of the molecule is CN1C(=O)[C@H]2[C@H]3[C@@H](Cl)[C@@H]1[C@@H]1[C@H]3/C(=C/Cl)[C@H]2C(=O)N1C. The number of carbonyl (C=O) groups is 2.